The van der Waals surface area contributed by atoms with Crippen LogP contribution in [0.4, 0.5) is 11.4 Å². The van der Waals surface area contributed by atoms with Crippen LogP contribution in [-0.2, 0) is 9.59 Å². The number of carbonyl (C=O) groups excluding carboxylic acids is 2. The van der Waals surface area contributed by atoms with Crippen LogP contribution in [0.5, 0.6) is 0 Å². The van der Waals surface area contributed by atoms with Crippen molar-refractivity contribution in [3.63, 3.8) is 0 Å². The van der Waals surface area contributed by atoms with E-state index in [0.29, 0.717) is 23.7 Å². The van der Waals surface area contributed by atoms with E-state index in [1.807, 2.05) is 32.0 Å². The van der Waals surface area contributed by atoms with Crippen LogP contribution in [0.1, 0.15) is 20.3 Å². The third kappa shape index (κ3) is 2.93. The lowest BCUT2D eigenvalue weighted by Gasteiger charge is -2.31. The van der Waals surface area contributed by atoms with Gasteiger partial charge in [0, 0.05) is 0 Å². The highest BCUT2D eigenvalue weighted by Crippen LogP contribution is 2.29. The lowest BCUT2D eigenvalue weighted by atomic mass is 10.0. The van der Waals surface area contributed by atoms with Gasteiger partial charge < -0.3 is 11.1 Å². The minimum absolute atomic E-state index is 0.0294. The number of carbonyl (C=O) groups is 2. The predicted octanol–water partition coefficient (Wildman–Crippen LogP) is 1.35. The normalized spacial score (nSPS) is 16.0. The van der Waals surface area contributed by atoms with Gasteiger partial charge in [0.15, 0.2) is 0 Å². The van der Waals surface area contributed by atoms with E-state index >= 15 is 0 Å². The molecule has 2 rings (SSSR count). The van der Waals surface area contributed by atoms with E-state index in [4.69, 9.17) is 5.73 Å². The predicted molar refractivity (Wildman–Crippen MR) is 74.9 cm³/mol. The zero-order chi connectivity index (χ0) is 14.0. The van der Waals surface area contributed by atoms with Crippen molar-refractivity contribution in [1.82, 2.24) is 0 Å². The molecule has 19 heavy (non-hydrogen) atoms. The van der Waals surface area contributed by atoms with Crippen molar-refractivity contribution in [1.29, 1.82) is 0 Å². The van der Waals surface area contributed by atoms with Crippen LogP contribution in [0, 0.1) is 5.92 Å². The molecule has 1 aliphatic heterocycles. The number of fused-ring (bicyclic) bond motifs is 1. The zero-order valence-electron chi connectivity index (χ0n) is 11.2. The molecule has 5 nitrogen and oxygen atoms in total. The van der Waals surface area contributed by atoms with E-state index in [-0.39, 0.29) is 18.4 Å². The summed E-state index contributed by atoms with van der Waals surface area (Å²) in [6, 6.07) is 6.68. The van der Waals surface area contributed by atoms with Gasteiger partial charge in [-0.15, -0.1) is 0 Å². The first-order chi connectivity index (χ1) is 8.99. The zero-order valence-corrected chi connectivity index (χ0v) is 11.2. The Hall–Kier alpha value is -1.88. The Kier molecular flexibility index (Phi) is 3.85. The fourth-order valence-electron chi connectivity index (χ4n) is 2.24. The van der Waals surface area contributed by atoms with E-state index in [1.165, 1.54) is 4.90 Å². The quantitative estimate of drug-likeness (QED) is 0.862. The van der Waals surface area contributed by atoms with Crippen molar-refractivity contribution in [3.8, 4) is 0 Å². The number of hydrogen-bond acceptors (Lipinski definition) is 3. The summed E-state index contributed by atoms with van der Waals surface area (Å²) in [7, 11) is 0. The molecular weight excluding hydrogens is 242 g/mol. The highest BCUT2D eigenvalue weighted by molar-refractivity contribution is 6.11. The van der Waals surface area contributed by atoms with Gasteiger partial charge in [0.25, 0.3) is 0 Å². The molecule has 5 heteroatoms. The minimum atomic E-state index is -0.570. The van der Waals surface area contributed by atoms with E-state index in [9.17, 15) is 9.59 Å². The van der Waals surface area contributed by atoms with Crippen LogP contribution in [0.25, 0.3) is 0 Å². The summed E-state index contributed by atoms with van der Waals surface area (Å²) in [5, 5.41) is 2.75. The molecule has 0 saturated heterocycles. The van der Waals surface area contributed by atoms with Gasteiger partial charge in [-0.25, -0.2) is 0 Å². The molecule has 1 heterocycles. The van der Waals surface area contributed by atoms with Gasteiger partial charge in [-0.2, -0.15) is 0 Å². The topological polar surface area (TPSA) is 75.4 Å². The number of amides is 2. The van der Waals surface area contributed by atoms with E-state index in [2.05, 4.69) is 5.32 Å². The maximum atomic E-state index is 12.4. The van der Waals surface area contributed by atoms with Crippen LogP contribution in [0.3, 0.4) is 0 Å². The molecule has 0 fully saturated rings. The Bertz CT molecular complexity index is 499. The molecule has 1 aromatic carbocycles. The maximum Gasteiger partial charge on any atom is 0.244 e. The first-order valence-electron chi connectivity index (χ1n) is 6.45. The Labute approximate surface area is 112 Å². The summed E-state index contributed by atoms with van der Waals surface area (Å²) in [5.74, 6) is -0.0485. The van der Waals surface area contributed by atoms with Gasteiger partial charge in [-0.3, -0.25) is 14.5 Å². The Morgan fingerprint density at radius 2 is 2.11 bits per heavy atom. The first-order valence-corrected chi connectivity index (χ1v) is 6.45. The van der Waals surface area contributed by atoms with Crippen molar-refractivity contribution in [2.24, 2.45) is 11.7 Å². The van der Waals surface area contributed by atoms with Gasteiger partial charge in [0.2, 0.25) is 11.8 Å². The molecule has 102 valence electrons. The van der Waals surface area contributed by atoms with E-state index in [0.717, 1.165) is 0 Å². The molecule has 0 saturated carbocycles. The standard InChI is InChI=1S/C14H19N3O2/c1-9(2)7-10(15)14(19)17-8-13(18)16-11-5-3-4-6-12(11)17/h3-6,9-10H,7-8,15H2,1-2H3,(H,16,18)/t10-/m1/s1. The molecule has 1 aromatic rings. The molecule has 3 N–H and O–H groups in total. The number of nitrogens with two attached hydrogens (primary N) is 1. The number of hydrogen-bond donors (Lipinski definition) is 2. The third-order valence-electron chi connectivity index (χ3n) is 3.08. The minimum Gasteiger partial charge on any atom is -0.323 e. The SMILES string of the molecule is CC(C)C[C@@H](N)C(=O)N1CC(=O)Nc2ccccc21. The van der Waals surface area contributed by atoms with Gasteiger partial charge >= 0.3 is 0 Å². The molecule has 0 radical (unpaired) electrons. The van der Waals surface area contributed by atoms with Crippen LogP contribution in [0.15, 0.2) is 24.3 Å². The van der Waals surface area contributed by atoms with Crippen molar-refractivity contribution >= 4 is 23.2 Å². The van der Waals surface area contributed by atoms with Gasteiger partial charge in [-0.05, 0) is 24.5 Å². The number of rotatable bonds is 3. The number of anilines is 2. The average molecular weight is 261 g/mol. The lowest BCUT2D eigenvalue weighted by Crippen LogP contribution is -2.49. The fourth-order valence-corrected chi connectivity index (χ4v) is 2.24. The number of nitrogens with zero attached hydrogens (tertiary/aromatic N) is 1. The average Bonchev–Trinajstić information content (AvgIpc) is 2.36. The number of para-hydroxylation sites is 2. The van der Waals surface area contributed by atoms with E-state index in [1.54, 1.807) is 6.07 Å². The maximum absolute atomic E-state index is 12.4. The molecule has 0 unspecified atom stereocenters. The summed E-state index contributed by atoms with van der Waals surface area (Å²) in [5.41, 5.74) is 7.30. The summed E-state index contributed by atoms with van der Waals surface area (Å²) in [6.45, 7) is 4.07. The first kappa shape index (κ1) is 13.5. The Morgan fingerprint density at radius 1 is 1.42 bits per heavy atom. The monoisotopic (exact) mass is 261 g/mol. The highest BCUT2D eigenvalue weighted by atomic mass is 16.2. The largest absolute Gasteiger partial charge is 0.323 e. The molecule has 0 bridgehead atoms. The fraction of sp³-hybridized carbons (Fsp3) is 0.429. The Morgan fingerprint density at radius 3 is 2.79 bits per heavy atom. The summed E-state index contributed by atoms with van der Waals surface area (Å²) >= 11 is 0. The second kappa shape index (κ2) is 5.40. The molecular formula is C14H19N3O2. The second-order valence-corrected chi connectivity index (χ2v) is 5.23. The highest BCUT2D eigenvalue weighted by Gasteiger charge is 2.29. The van der Waals surface area contributed by atoms with E-state index < -0.39 is 6.04 Å². The van der Waals surface area contributed by atoms with Crippen molar-refractivity contribution in [3.05, 3.63) is 24.3 Å². The molecule has 1 atom stereocenters. The van der Waals surface area contributed by atoms with Crippen LogP contribution < -0.4 is 16.0 Å². The lowest BCUT2D eigenvalue weighted by molar-refractivity contribution is -0.123. The van der Waals surface area contributed by atoms with Gasteiger partial charge in [0.1, 0.15) is 6.54 Å². The smallest absolute Gasteiger partial charge is 0.244 e. The third-order valence-corrected chi connectivity index (χ3v) is 3.08. The summed E-state index contributed by atoms with van der Waals surface area (Å²) < 4.78 is 0. The molecule has 0 aliphatic carbocycles. The van der Waals surface area contributed by atoms with Crippen LogP contribution in [0.2, 0.25) is 0 Å². The Balaban J connectivity index is 2.25. The van der Waals surface area contributed by atoms with Gasteiger partial charge in [-0.1, -0.05) is 26.0 Å². The van der Waals surface area contributed by atoms with Crippen molar-refractivity contribution < 1.29 is 9.59 Å². The molecule has 2 amide bonds. The van der Waals surface area contributed by atoms with Crippen molar-refractivity contribution in [2.45, 2.75) is 26.3 Å². The molecule has 1 aliphatic rings. The molecule has 0 spiro atoms. The van der Waals surface area contributed by atoms with Crippen molar-refractivity contribution in [2.75, 3.05) is 16.8 Å². The summed E-state index contributed by atoms with van der Waals surface area (Å²) in [4.78, 5) is 25.5. The van der Waals surface area contributed by atoms with Crippen LogP contribution in [-0.4, -0.2) is 24.4 Å². The molecule has 0 aromatic heterocycles. The van der Waals surface area contributed by atoms with Gasteiger partial charge in [0.05, 0.1) is 17.4 Å². The summed E-state index contributed by atoms with van der Waals surface area (Å²) in [6.07, 6.45) is 0.610. The number of benzene rings is 1. The number of nitrogens with one attached hydrogen (secondary N) is 1. The van der Waals surface area contributed by atoms with Crippen LogP contribution >= 0.6 is 0 Å². The second-order valence-electron chi connectivity index (χ2n) is 5.23.